The molecule has 16 nitrogen and oxygen atoms in total. The fourth-order valence-electron chi connectivity index (χ4n) is 5.17. The summed E-state index contributed by atoms with van der Waals surface area (Å²) < 4.78 is 17.2. The first-order chi connectivity index (χ1) is 24.5. The van der Waals surface area contributed by atoms with Crippen molar-refractivity contribution in [2.45, 2.75) is 59.5 Å². The number of aromatic nitrogens is 1. The molecule has 1 saturated heterocycles. The van der Waals surface area contributed by atoms with Crippen molar-refractivity contribution in [1.82, 2.24) is 25.3 Å². The van der Waals surface area contributed by atoms with Crippen LogP contribution in [0.3, 0.4) is 0 Å². The molecule has 0 bridgehead atoms. The summed E-state index contributed by atoms with van der Waals surface area (Å²) >= 11 is 0. The lowest BCUT2D eigenvalue weighted by Crippen LogP contribution is -2.39. The maximum atomic E-state index is 13.8. The number of benzene rings is 2. The monoisotopic (exact) mass is 717 g/mol. The Morgan fingerprint density at radius 2 is 1.25 bits per heavy atom. The highest BCUT2D eigenvalue weighted by molar-refractivity contribution is 6.05. The summed E-state index contributed by atoms with van der Waals surface area (Å²) in [4.78, 5) is 54.8. The molecule has 276 valence electrons. The molecule has 1 aliphatic heterocycles. The number of carbonyl (C=O) groups excluding carboxylic acids is 4. The molecule has 0 radical (unpaired) electrons. The molecule has 52 heavy (non-hydrogen) atoms. The van der Waals surface area contributed by atoms with Crippen molar-refractivity contribution in [2.24, 2.45) is 5.92 Å². The number of nitrogens with zero attached hydrogens (tertiary/aromatic N) is 4. The molecule has 1 aromatic heterocycles. The van der Waals surface area contributed by atoms with Crippen LogP contribution in [0.5, 0.6) is 23.3 Å². The van der Waals surface area contributed by atoms with E-state index in [-0.39, 0.29) is 56.0 Å². The van der Waals surface area contributed by atoms with Gasteiger partial charge < -0.3 is 24.4 Å². The maximum Gasteiger partial charge on any atom is 0.407 e. The molecule has 5 N–H and O–H groups in total. The predicted octanol–water partition coefficient (Wildman–Crippen LogP) is 5.56. The van der Waals surface area contributed by atoms with E-state index in [0.717, 1.165) is 33.1 Å². The quantitative estimate of drug-likeness (QED) is 0.0761. The van der Waals surface area contributed by atoms with Gasteiger partial charge in [-0.05, 0) is 94.5 Å². The van der Waals surface area contributed by atoms with Gasteiger partial charge in [0.05, 0.1) is 5.56 Å². The van der Waals surface area contributed by atoms with E-state index in [1.807, 2.05) is 0 Å². The van der Waals surface area contributed by atoms with Crippen molar-refractivity contribution >= 4 is 35.5 Å². The average Bonchev–Trinajstić information content (AvgIpc) is 3.10. The van der Waals surface area contributed by atoms with Gasteiger partial charge in [-0.2, -0.15) is 15.1 Å². The normalized spacial score (nSPS) is 13.1. The second-order valence-corrected chi connectivity index (χ2v) is 13.1. The fraction of sp³-hybridized carbons (Fsp3) is 0.361. The first-order valence-electron chi connectivity index (χ1n) is 16.5. The fourth-order valence-corrected chi connectivity index (χ4v) is 5.17. The highest BCUT2D eigenvalue weighted by Crippen LogP contribution is 2.29. The van der Waals surface area contributed by atoms with Crippen molar-refractivity contribution < 1.29 is 43.8 Å². The van der Waals surface area contributed by atoms with Crippen molar-refractivity contribution in [3.63, 3.8) is 0 Å². The number of rotatable bonds is 10. The van der Waals surface area contributed by atoms with Crippen molar-refractivity contribution in [1.29, 1.82) is 10.8 Å². The lowest BCUT2D eigenvalue weighted by atomic mass is 9.93. The Bertz CT molecular complexity index is 1700. The van der Waals surface area contributed by atoms with Crippen LogP contribution in [0.15, 0.2) is 60.7 Å². The van der Waals surface area contributed by atoms with E-state index >= 15 is 0 Å². The molecular formula is C36H43N7O9. The van der Waals surface area contributed by atoms with Gasteiger partial charge in [-0.25, -0.2) is 4.79 Å². The molecule has 0 saturated carbocycles. The van der Waals surface area contributed by atoms with Gasteiger partial charge >= 0.3 is 6.09 Å². The number of amidine groups is 2. The maximum absolute atomic E-state index is 13.8. The van der Waals surface area contributed by atoms with Crippen LogP contribution in [-0.4, -0.2) is 91.1 Å². The Kier molecular flexibility index (Phi) is 12.6. The standard InChI is InChI=1S/C36H43N7O9/c1-22(44)42(48)32(37)25-6-10-28(11-7-25)50-30-20-27(21-31(40-30)51-29-12-8-26(9-13-29)33(38)43(49)23(2)45)34(46)41-18-15-24(16-19-41)14-17-39-35(47)52-36(3,4)5/h6-13,20-21,24,37-38,48-49H,14-19H2,1-5H3,(H,39,47). The summed E-state index contributed by atoms with van der Waals surface area (Å²) in [6.45, 7) is 9.11. The van der Waals surface area contributed by atoms with Crippen LogP contribution in [-0.2, 0) is 14.3 Å². The third-order valence-electron chi connectivity index (χ3n) is 7.87. The van der Waals surface area contributed by atoms with Crippen LogP contribution in [0.4, 0.5) is 4.79 Å². The highest BCUT2D eigenvalue weighted by atomic mass is 16.6. The second-order valence-electron chi connectivity index (χ2n) is 13.1. The first-order valence-corrected chi connectivity index (χ1v) is 16.5. The third kappa shape index (κ3) is 10.8. The Hall–Kier alpha value is -5.87. The second kappa shape index (κ2) is 16.9. The summed E-state index contributed by atoms with van der Waals surface area (Å²) in [7, 11) is 0. The zero-order valence-electron chi connectivity index (χ0n) is 29.6. The SMILES string of the molecule is CC(=O)N(O)C(=N)c1ccc(Oc2cc(C(=O)N3CCC(CCNC(=O)OC(C)(C)C)CC3)cc(Oc3ccc(C(=N)N(O)C(C)=O)cc3)n2)cc1. The number of likely N-dealkylation sites (tertiary alicyclic amines) is 1. The van der Waals surface area contributed by atoms with E-state index in [4.69, 9.17) is 25.0 Å². The summed E-state index contributed by atoms with van der Waals surface area (Å²) in [5.74, 6) is -1.62. The van der Waals surface area contributed by atoms with Crippen molar-refractivity contribution in [2.75, 3.05) is 19.6 Å². The van der Waals surface area contributed by atoms with E-state index in [1.165, 1.54) is 60.7 Å². The molecule has 1 fully saturated rings. The zero-order chi connectivity index (χ0) is 38.2. The van der Waals surface area contributed by atoms with Crippen LogP contribution in [0, 0.1) is 16.7 Å². The van der Waals surface area contributed by atoms with Gasteiger partial charge in [0.15, 0.2) is 11.7 Å². The van der Waals surface area contributed by atoms with Gasteiger partial charge in [0.1, 0.15) is 17.1 Å². The van der Waals surface area contributed by atoms with E-state index in [9.17, 15) is 29.6 Å². The number of ether oxygens (including phenoxy) is 3. The topological polar surface area (TPSA) is 219 Å². The molecule has 4 rings (SSSR count). The minimum atomic E-state index is -0.720. The minimum absolute atomic E-state index is 0.0232. The zero-order valence-corrected chi connectivity index (χ0v) is 29.6. The number of alkyl carbamates (subject to hydrolysis) is 1. The lowest BCUT2D eigenvalue weighted by molar-refractivity contribution is -0.147. The number of hydrogen-bond acceptors (Lipinski definition) is 12. The summed E-state index contributed by atoms with van der Waals surface area (Å²) in [6, 6.07) is 14.9. The van der Waals surface area contributed by atoms with E-state index in [1.54, 1.807) is 25.7 Å². The predicted molar refractivity (Wildman–Crippen MR) is 187 cm³/mol. The Morgan fingerprint density at radius 1 is 0.808 bits per heavy atom. The van der Waals surface area contributed by atoms with E-state index in [2.05, 4.69) is 10.3 Å². The smallest absolute Gasteiger partial charge is 0.407 e. The molecule has 4 amide bonds. The Morgan fingerprint density at radius 3 is 1.65 bits per heavy atom. The number of amides is 4. The molecule has 3 aromatic rings. The van der Waals surface area contributed by atoms with Gasteiger partial charge in [-0.1, -0.05) is 0 Å². The first kappa shape index (κ1) is 38.9. The van der Waals surface area contributed by atoms with Crippen molar-refractivity contribution in [3.8, 4) is 23.3 Å². The largest absolute Gasteiger partial charge is 0.444 e. The van der Waals surface area contributed by atoms with Gasteiger partial charge in [0.25, 0.3) is 5.91 Å². The number of piperidine rings is 1. The third-order valence-corrected chi connectivity index (χ3v) is 7.87. The summed E-state index contributed by atoms with van der Waals surface area (Å²) in [5.41, 5.74) is 0.166. The molecule has 0 atom stereocenters. The van der Waals surface area contributed by atoms with Crippen LogP contribution < -0.4 is 14.8 Å². The molecule has 0 unspecified atom stereocenters. The number of hydroxylamine groups is 4. The Labute approximate surface area is 300 Å². The summed E-state index contributed by atoms with van der Waals surface area (Å²) in [5, 5.41) is 38.9. The van der Waals surface area contributed by atoms with Gasteiger partial charge in [0, 0.05) is 56.7 Å². The average molecular weight is 718 g/mol. The van der Waals surface area contributed by atoms with Gasteiger partial charge in [-0.3, -0.25) is 35.6 Å². The molecule has 2 aromatic carbocycles. The molecule has 2 heterocycles. The lowest BCUT2D eigenvalue weighted by Gasteiger charge is -2.32. The van der Waals surface area contributed by atoms with E-state index in [0.29, 0.717) is 25.6 Å². The van der Waals surface area contributed by atoms with Crippen LogP contribution in [0.25, 0.3) is 0 Å². The molecule has 0 spiro atoms. The minimum Gasteiger partial charge on any atom is -0.444 e. The molecule has 0 aliphatic carbocycles. The van der Waals surface area contributed by atoms with Crippen LogP contribution in [0.2, 0.25) is 0 Å². The number of carbonyl (C=O) groups is 4. The highest BCUT2D eigenvalue weighted by Gasteiger charge is 2.26. The van der Waals surface area contributed by atoms with Crippen LogP contribution in [0.1, 0.15) is 75.4 Å². The molecular weight excluding hydrogens is 674 g/mol. The Balaban J connectivity index is 1.50. The summed E-state index contributed by atoms with van der Waals surface area (Å²) in [6.07, 6.45) is 1.77. The van der Waals surface area contributed by atoms with E-state index < -0.39 is 35.2 Å². The van der Waals surface area contributed by atoms with Gasteiger partial charge in [-0.15, -0.1) is 0 Å². The molecule has 1 aliphatic rings. The van der Waals surface area contributed by atoms with Crippen molar-refractivity contribution in [3.05, 3.63) is 77.4 Å². The van der Waals surface area contributed by atoms with Gasteiger partial charge in [0.2, 0.25) is 23.6 Å². The number of hydrogen-bond donors (Lipinski definition) is 5. The molecule has 16 heteroatoms. The number of pyridine rings is 1. The number of nitrogens with one attached hydrogen (secondary N) is 3. The van der Waals surface area contributed by atoms with Crippen LogP contribution >= 0.6 is 0 Å².